The molecule has 0 saturated carbocycles. The van der Waals surface area contributed by atoms with E-state index in [2.05, 4.69) is 21.2 Å². The number of hydrogen-bond acceptors (Lipinski definition) is 1. The lowest BCUT2D eigenvalue weighted by Gasteiger charge is -2.15. The summed E-state index contributed by atoms with van der Waals surface area (Å²) in [4.78, 5) is 0. The van der Waals surface area contributed by atoms with Crippen LogP contribution in [0.5, 0.6) is 0 Å². The summed E-state index contributed by atoms with van der Waals surface area (Å²) in [6, 6.07) is 9.92. The average Bonchev–Trinajstić information content (AvgIpc) is 2.39. The number of halogens is 5. The van der Waals surface area contributed by atoms with Crippen molar-refractivity contribution < 1.29 is 17.6 Å². The summed E-state index contributed by atoms with van der Waals surface area (Å²) >= 11 is 3.14. The summed E-state index contributed by atoms with van der Waals surface area (Å²) < 4.78 is 52.6. The van der Waals surface area contributed by atoms with Gasteiger partial charge in [-0.25, -0.2) is 4.39 Å². The van der Waals surface area contributed by atoms with Crippen LogP contribution in [0, 0.1) is 5.82 Å². The Morgan fingerprint density at radius 1 is 1.05 bits per heavy atom. The van der Waals surface area contributed by atoms with E-state index in [1.165, 1.54) is 18.2 Å². The van der Waals surface area contributed by atoms with E-state index in [1.807, 2.05) is 0 Å². The molecule has 0 bridgehead atoms. The molecule has 1 nitrogen and oxygen atoms in total. The van der Waals surface area contributed by atoms with E-state index in [4.69, 9.17) is 0 Å². The van der Waals surface area contributed by atoms with Crippen LogP contribution in [0.2, 0.25) is 0 Å². The number of anilines is 1. The van der Waals surface area contributed by atoms with Crippen LogP contribution in [0.15, 0.2) is 46.9 Å². The van der Waals surface area contributed by atoms with Gasteiger partial charge in [0.1, 0.15) is 5.82 Å². The maximum atomic E-state index is 13.4. The highest BCUT2D eigenvalue weighted by atomic mass is 79.9. The summed E-state index contributed by atoms with van der Waals surface area (Å²) in [5, 5.41) is 2.72. The van der Waals surface area contributed by atoms with Crippen LogP contribution in [0.3, 0.4) is 0 Å². The summed E-state index contributed by atoms with van der Waals surface area (Å²) in [5.74, 6) is -0.357. The summed E-state index contributed by atoms with van der Waals surface area (Å²) in [5.41, 5.74) is -0.291. The highest BCUT2D eigenvalue weighted by molar-refractivity contribution is 9.10. The van der Waals surface area contributed by atoms with Gasteiger partial charge in [-0.15, -0.1) is 0 Å². The molecule has 1 N–H and O–H groups in total. The Bertz CT molecular complexity index is 625. The predicted molar refractivity (Wildman–Crippen MR) is 77.7 cm³/mol. The molecule has 21 heavy (non-hydrogen) atoms. The first-order chi connectivity index (χ1) is 9.88. The standard InChI is InChI=1S/C15H12BrF4N/c16-11-5-6-12(15(18,19)20)14(9-11)21-8-7-10-3-1-2-4-13(10)17/h1-6,9,21H,7-8H2. The lowest BCUT2D eigenvalue weighted by Crippen LogP contribution is -2.13. The molecule has 112 valence electrons. The Labute approximate surface area is 128 Å². The Balaban J connectivity index is 2.10. The van der Waals surface area contributed by atoms with Gasteiger partial charge in [-0.1, -0.05) is 34.1 Å². The van der Waals surface area contributed by atoms with Crippen molar-refractivity contribution in [1.82, 2.24) is 0 Å². The lowest BCUT2D eigenvalue weighted by molar-refractivity contribution is -0.136. The van der Waals surface area contributed by atoms with E-state index in [0.29, 0.717) is 16.5 Å². The average molecular weight is 362 g/mol. The topological polar surface area (TPSA) is 12.0 Å². The second-order valence-corrected chi connectivity index (χ2v) is 5.37. The van der Waals surface area contributed by atoms with Gasteiger partial charge < -0.3 is 5.32 Å². The molecule has 6 heteroatoms. The van der Waals surface area contributed by atoms with E-state index < -0.39 is 11.7 Å². The van der Waals surface area contributed by atoms with Crippen molar-refractivity contribution in [3.63, 3.8) is 0 Å². The maximum Gasteiger partial charge on any atom is 0.418 e. The number of benzene rings is 2. The molecule has 0 spiro atoms. The van der Waals surface area contributed by atoms with Gasteiger partial charge in [0.05, 0.1) is 5.56 Å². The molecule has 0 fully saturated rings. The molecule has 0 aliphatic rings. The molecule has 2 aromatic rings. The van der Waals surface area contributed by atoms with Crippen LogP contribution >= 0.6 is 15.9 Å². The van der Waals surface area contributed by atoms with Crippen LogP contribution in [-0.4, -0.2) is 6.54 Å². The van der Waals surface area contributed by atoms with Crippen molar-refractivity contribution in [2.45, 2.75) is 12.6 Å². The Hall–Kier alpha value is -1.56. The van der Waals surface area contributed by atoms with Gasteiger partial charge in [0, 0.05) is 16.7 Å². The monoisotopic (exact) mass is 361 g/mol. The van der Waals surface area contributed by atoms with Gasteiger partial charge >= 0.3 is 6.18 Å². The lowest BCUT2D eigenvalue weighted by atomic mass is 10.1. The van der Waals surface area contributed by atoms with Crippen molar-refractivity contribution in [1.29, 1.82) is 0 Å². The highest BCUT2D eigenvalue weighted by Crippen LogP contribution is 2.36. The molecule has 0 atom stereocenters. The normalized spacial score (nSPS) is 11.5. The zero-order valence-corrected chi connectivity index (χ0v) is 12.4. The minimum Gasteiger partial charge on any atom is -0.384 e. The van der Waals surface area contributed by atoms with E-state index >= 15 is 0 Å². The molecule has 0 aliphatic carbocycles. The van der Waals surface area contributed by atoms with E-state index in [-0.39, 0.29) is 18.0 Å². The fourth-order valence-electron chi connectivity index (χ4n) is 1.94. The van der Waals surface area contributed by atoms with Crippen molar-refractivity contribution >= 4 is 21.6 Å². The fourth-order valence-corrected chi connectivity index (χ4v) is 2.30. The summed E-state index contributed by atoms with van der Waals surface area (Å²) in [7, 11) is 0. The van der Waals surface area contributed by atoms with Crippen molar-refractivity contribution in [2.75, 3.05) is 11.9 Å². The first-order valence-corrected chi connectivity index (χ1v) is 7.01. The predicted octanol–water partition coefficient (Wildman–Crippen LogP) is 5.26. The molecule has 0 aliphatic heterocycles. The maximum absolute atomic E-state index is 13.4. The zero-order chi connectivity index (χ0) is 15.5. The molecule has 0 radical (unpaired) electrons. The van der Waals surface area contributed by atoms with Gasteiger partial charge in [0.15, 0.2) is 0 Å². The van der Waals surface area contributed by atoms with Crippen LogP contribution in [0.1, 0.15) is 11.1 Å². The molecule has 0 saturated heterocycles. The van der Waals surface area contributed by atoms with E-state index in [9.17, 15) is 17.6 Å². The van der Waals surface area contributed by atoms with E-state index in [0.717, 1.165) is 6.07 Å². The smallest absolute Gasteiger partial charge is 0.384 e. The number of nitrogens with one attached hydrogen (secondary N) is 1. The third-order valence-corrected chi connectivity index (χ3v) is 3.45. The first kappa shape index (κ1) is 15.8. The summed E-state index contributed by atoms with van der Waals surface area (Å²) in [6.45, 7) is 0.209. The fraction of sp³-hybridized carbons (Fsp3) is 0.200. The van der Waals surface area contributed by atoms with Crippen molar-refractivity contribution in [3.8, 4) is 0 Å². The Kier molecular flexibility index (Phi) is 4.88. The molecule has 0 unspecified atom stereocenters. The quantitative estimate of drug-likeness (QED) is 0.732. The van der Waals surface area contributed by atoms with Gasteiger partial charge in [-0.2, -0.15) is 13.2 Å². The van der Waals surface area contributed by atoms with Gasteiger partial charge in [0.25, 0.3) is 0 Å². The Morgan fingerprint density at radius 2 is 1.76 bits per heavy atom. The molecule has 0 heterocycles. The molecular weight excluding hydrogens is 350 g/mol. The third kappa shape index (κ3) is 4.20. The molecule has 2 rings (SSSR count). The van der Waals surface area contributed by atoms with Crippen molar-refractivity contribution in [3.05, 3.63) is 63.9 Å². The summed E-state index contributed by atoms with van der Waals surface area (Å²) in [6.07, 6.45) is -4.13. The van der Waals surface area contributed by atoms with Crippen LogP contribution in [0.25, 0.3) is 0 Å². The molecule has 2 aromatic carbocycles. The SMILES string of the molecule is Fc1ccccc1CCNc1cc(Br)ccc1C(F)(F)F. The van der Waals surface area contributed by atoms with Gasteiger partial charge in [0.2, 0.25) is 0 Å². The number of hydrogen-bond donors (Lipinski definition) is 1. The number of rotatable bonds is 4. The molecule has 0 amide bonds. The second-order valence-electron chi connectivity index (χ2n) is 4.46. The van der Waals surface area contributed by atoms with Crippen LogP contribution in [-0.2, 0) is 12.6 Å². The third-order valence-electron chi connectivity index (χ3n) is 2.95. The number of alkyl halides is 3. The zero-order valence-electron chi connectivity index (χ0n) is 10.8. The molecule has 0 aromatic heterocycles. The minimum atomic E-state index is -4.43. The van der Waals surface area contributed by atoms with E-state index in [1.54, 1.807) is 18.2 Å². The highest BCUT2D eigenvalue weighted by Gasteiger charge is 2.33. The minimum absolute atomic E-state index is 0.0202. The largest absolute Gasteiger partial charge is 0.418 e. The van der Waals surface area contributed by atoms with Gasteiger partial charge in [-0.05, 0) is 36.2 Å². The first-order valence-electron chi connectivity index (χ1n) is 6.22. The van der Waals surface area contributed by atoms with Gasteiger partial charge in [-0.3, -0.25) is 0 Å². The van der Waals surface area contributed by atoms with Crippen LogP contribution in [0.4, 0.5) is 23.2 Å². The second kappa shape index (κ2) is 6.47. The van der Waals surface area contributed by atoms with Crippen molar-refractivity contribution in [2.24, 2.45) is 0 Å². The van der Waals surface area contributed by atoms with Crippen LogP contribution < -0.4 is 5.32 Å². The molecular formula is C15H12BrF4N. The Morgan fingerprint density at radius 3 is 2.43 bits per heavy atom.